The van der Waals surface area contributed by atoms with Crippen LogP contribution in [0.2, 0.25) is 0 Å². The summed E-state index contributed by atoms with van der Waals surface area (Å²) in [5.74, 6) is 0.691. The van der Waals surface area contributed by atoms with Gasteiger partial charge in [0.25, 0.3) is 5.91 Å². The van der Waals surface area contributed by atoms with Crippen LogP contribution < -0.4 is 10.8 Å². The number of hydroxylamine groups is 1. The molecule has 40 heavy (non-hydrogen) atoms. The maximum absolute atomic E-state index is 12.8. The van der Waals surface area contributed by atoms with Gasteiger partial charge in [0.15, 0.2) is 0 Å². The van der Waals surface area contributed by atoms with Crippen molar-refractivity contribution >= 4 is 5.91 Å². The minimum Gasteiger partial charge on any atom is -0.313 e. The van der Waals surface area contributed by atoms with Crippen LogP contribution >= 0.6 is 0 Å². The molecular formula is C31H35F3N4O2. The Labute approximate surface area is 232 Å². The minimum absolute atomic E-state index is 0.451. The van der Waals surface area contributed by atoms with E-state index in [9.17, 15) is 18.0 Å². The summed E-state index contributed by atoms with van der Waals surface area (Å²) in [6, 6.07) is 18.4. The summed E-state index contributed by atoms with van der Waals surface area (Å²) in [6.45, 7) is 4.35. The van der Waals surface area contributed by atoms with Crippen molar-refractivity contribution in [3.8, 4) is 11.1 Å². The van der Waals surface area contributed by atoms with Crippen LogP contribution in [-0.4, -0.2) is 53.2 Å². The highest BCUT2D eigenvalue weighted by Gasteiger charge is 2.38. The third-order valence-corrected chi connectivity index (χ3v) is 8.15. The Morgan fingerprint density at radius 2 is 1.68 bits per heavy atom. The van der Waals surface area contributed by atoms with E-state index in [1.807, 2.05) is 24.3 Å². The fourth-order valence-corrected chi connectivity index (χ4v) is 5.57. The lowest BCUT2D eigenvalue weighted by Gasteiger charge is -2.32. The maximum atomic E-state index is 12.8. The zero-order valence-electron chi connectivity index (χ0n) is 22.3. The van der Waals surface area contributed by atoms with E-state index in [1.54, 1.807) is 17.6 Å². The Kier molecular flexibility index (Phi) is 8.83. The van der Waals surface area contributed by atoms with Crippen molar-refractivity contribution in [3.63, 3.8) is 0 Å². The quantitative estimate of drug-likeness (QED) is 0.223. The fraction of sp³-hybridized carbons (Fsp3) is 0.419. The number of carbonyl (C=O) groups excluding carboxylic acids is 1. The van der Waals surface area contributed by atoms with Gasteiger partial charge in [0, 0.05) is 29.3 Å². The first-order chi connectivity index (χ1) is 19.3. The number of hydrogen-bond acceptors (Lipinski definition) is 5. The molecule has 2 aromatic carbocycles. The zero-order chi connectivity index (χ0) is 28.1. The number of hydrogen-bond donors (Lipinski definition) is 3. The number of pyridine rings is 1. The third-order valence-electron chi connectivity index (χ3n) is 8.15. The molecule has 0 radical (unpaired) electrons. The molecule has 1 aromatic heterocycles. The summed E-state index contributed by atoms with van der Waals surface area (Å²) < 4.78 is 38.3. The average Bonchev–Trinajstić information content (AvgIpc) is 3.76. The highest BCUT2D eigenvalue weighted by molar-refractivity contribution is 5.93. The van der Waals surface area contributed by atoms with E-state index in [0.29, 0.717) is 29.0 Å². The van der Waals surface area contributed by atoms with Crippen LogP contribution in [0.4, 0.5) is 13.2 Å². The molecule has 5 rings (SSSR count). The van der Waals surface area contributed by atoms with Gasteiger partial charge in [0.1, 0.15) is 5.69 Å². The molecule has 0 spiro atoms. The van der Waals surface area contributed by atoms with Gasteiger partial charge >= 0.3 is 6.18 Å². The van der Waals surface area contributed by atoms with E-state index >= 15 is 0 Å². The summed E-state index contributed by atoms with van der Waals surface area (Å²) in [5.41, 5.74) is 5.24. The Morgan fingerprint density at radius 1 is 0.975 bits per heavy atom. The standard InChI is InChI=1S/C31H35F3N4O2/c32-31(33,34)29-12-11-26(20-36-29)23-7-9-24(10-8-23)27-18-28(27)35-19-22-13-16-38(17-14-22)15-1-2-21-3-5-25(6-4-21)30(39)37-40/h3-12,20,22,27-28,35,40H,1-2,13-19H2,(H,37,39). The predicted octanol–water partition coefficient (Wildman–Crippen LogP) is 5.68. The van der Waals surface area contributed by atoms with Gasteiger partial charge in [-0.1, -0.05) is 42.5 Å². The molecule has 1 aliphatic heterocycles. The lowest BCUT2D eigenvalue weighted by Crippen LogP contribution is -2.38. The summed E-state index contributed by atoms with van der Waals surface area (Å²) in [5, 5.41) is 12.5. The number of nitrogens with one attached hydrogen (secondary N) is 2. The number of alkyl halides is 3. The van der Waals surface area contributed by atoms with E-state index < -0.39 is 17.8 Å². The number of halogens is 3. The lowest BCUT2D eigenvalue weighted by molar-refractivity contribution is -0.141. The molecule has 3 N–H and O–H groups in total. The predicted molar refractivity (Wildman–Crippen MR) is 147 cm³/mol. The van der Waals surface area contributed by atoms with E-state index in [2.05, 4.69) is 27.3 Å². The summed E-state index contributed by atoms with van der Waals surface area (Å²) >= 11 is 0. The Balaban J connectivity index is 0.985. The molecule has 1 saturated carbocycles. The molecule has 2 aliphatic rings. The summed E-state index contributed by atoms with van der Waals surface area (Å²) in [6.07, 6.45) is 2.42. The highest BCUT2D eigenvalue weighted by Crippen LogP contribution is 2.41. The molecule has 212 valence electrons. The van der Waals surface area contributed by atoms with Gasteiger partial charge in [0.05, 0.1) is 0 Å². The van der Waals surface area contributed by atoms with E-state index in [0.717, 1.165) is 57.1 Å². The number of benzene rings is 2. The molecule has 1 amide bonds. The van der Waals surface area contributed by atoms with Crippen LogP contribution in [0, 0.1) is 5.92 Å². The van der Waals surface area contributed by atoms with Gasteiger partial charge in [-0.2, -0.15) is 13.2 Å². The molecule has 2 heterocycles. The Morgan fingerprint density at radius 3 is 2.30 bits per heavy atom. The van der Waals surface area contributed by atoms with Gasteiger partial charge in [0.2, 0.25) is 0 Å². The number of likely N-dealkylation sites (tertiary alicyclic amines) is 1. The molecule has 2 unspecified atom stereocenters. The van der Waals surface area contributed by atoms with Crippen LogP contribution in [0.25, 0.3) is 11.1 Å². The number of aryl methyl sites for hydroxylation is 1. The normalized spacial score (nSPS) is 19.9. The largest absolute Gasteiger partial charge is 0.433 e. The van der Waals surface area contributed by atoms with Crippen molar-refractivity contribution in [3.05, 3.63) is 89.2 Å². The molecule has 1 saturated heterocycles. The number of rotatable bonds is 10. The minimum atomic E-state index is -4.42. The second-order valence-electron chi connectivity index (χ2n) is 10.9. The number of aromatic nitrogens is 1. The van der Waals surface area contributed by atoms with Gasteiger partial charge in [-0.15, -0.1) is 0 Å². The maximum Gasteiger partial charge on any atom is 0.433 e. The number of carbonyl (C=O) groups is 1. The van der Waals surface area contributed by atoms with Crippen molar-refractivity contribution in [1.29, 1.82) is 0 Å². The highest BCUT2D eigenvalue weighted by atomic mass is 19.4. The molecule has 2 atom stereocenters. The molecular weight excluding hydrogens is 517 g/mol. The topological polar surface area (TPSA) is 77.5 Å². The smallest absolute Gasteiger partial charge is 0.313 e. The van der Waals surface area contributed by atoms with Crippen LogP contribution in [-0.2, 0) is 12.6 Å². The molecule has 3 aromatic rings. The van der Waals surface area contributed by atoms with Gasteiger partial charge < -0.3 is 10.2 Å². The van der Waals surface area contributed by atoms with Crippen molar-refractivity contribution < 1.29 is 23.2 Å². The first-order valence-corrected chi connectivity index (χ1v) is 13.9. The van der Waals surface area contributed by atoms with Crippen LogP contribution in [0.3, 0.4) is 0 Å². The molecule has 9 heteroatoms. The second kappa shape index (κ2) is 12.5. The summed E-state index contributed by atoms with van der Waals surface area (Å²) in [4.78, 5) is 17.5. The monoisotopic (exact) mass is 552 g/mol. The van der Waals surface area contributed by atoms with Gasteiger partial charge in [-0.25, -0.2) is 5.48 Å². The van der Waals surface area contributed by atoms with Crippen LogP contribution in [0.5, 0.6) is 0 Å². The first-order valence-electron chi connectivity index (χ1n) is 13.9. The number of amides is 1. The van der Waals surface area contributed by atoms with Crippen LogP contribution in [0.1, 0.15) is 58.8 Å². The van der Waals surface area contributed by atoms with Gasteiger partial charge in [-0.05, 0) is 99.1 Å². The van der Waals surface area contributed by atoms with Crippen molar-refractivity contribution in [2.75, 3.05) is 26.2 Å². The number of piperidine rings is 1. The molecule has 0 bridgehead atoms. The Hall–Kier alpha value is -3.27. The molecule has 2 fully saturated rings. The SMILES string of the molecule is O=C(NO)c1ccc(CCCN2CCC(CNC3CC3c3ccc(-c4ccc(C(F)(F)F)nc4)cc3)CC2)cc1. The lowest BCUT2D eigenvalue weighted by atomic mass is 9.96. The third kappa shape index (κ3) is 7.27. The van der Waals surface area contributed by atoms with Crippen LogP contribution in [0.15, 0.2) is 66.9 Å². The zero-order valence-corrected chi connectivity index (χ0v) is 22.3. The summed E-state index contributed by atoms with van der Waals surface area (Å²) in [7, 11) is 0. The first kappa shape index (κ1) is 28.3. The van der Waals surface area contributed by atoms with Crippen molar-refractivity contribution in [2.24, 2.45) is 5.92 Å². The van der Waals surface area contributed by atoms with Crippen molar-refractivity contribution in [1.82, 2.24) is 20.7 Å². The van der Waals surface area contributed by atoms with E-state index in [4.69, 9.17) is 5.21 Å². The van der Waals surface area contributed by atoms with Gasteiger partial charge in [-0.3, -0.25) is 15.0 Å². The number of nitrogens with zero attached hydrogens (tertiary/aromatic N) is 2. The van der Waals surface area contributed by atoms with E-state index in [-0.39, 0.29) is 0 Å². The van der Waals surface area contributed by atoms with Crippen molar-refractivity contribution in [2.45, 2.75) is 50.2 Å². The second-order valence-corrected chi connectivity index (χ2v) is 10.9. The van der Waals surface area contributed by atoms with E-state index in [1.165, 1.54) is 36.2 Å². The average molecular weight is 553 g/mol. The Bertz CT molecular complexity index is 1260. The molecule has 1 aliphatic carbocycles. The molecule has 6 nitrogen and oxygen atoms in total. The fourth-order valence-electron chi connectivity index (χ4n) is 5.57.